The van der Waals surface area contributed by atoms with Crippen molar-refractivity contribution in [1.29, 1.82) is 0 Å². The van der Waals surface area contributed by atoms with E-state index in [1.54, 1.807) is 0 Å². The molecule has 1 atom stereocenters. The number of fused-ring (bicyclic) bond motifs is 1. The van der Waals surface area contributed by atoms with Crippen molar-refractivity contribution in [2.24, 2.45) is 0 Å². The molecule has 0 spiro atoms. The molecule has 23 heavy (non-hydrogen) atoms. The van der Waals surface area contributed by atoms with Crippen LogP contribution in [-0.2, 0) is 11.2 Å². The lowest BCUT2D eigenvalue weighted by molar-refractivity contribution is -0.124. The van der Waals surface area contributed by atoms with Crippen LogP contribution in [0.3, 0.4) is 0 Å². The van der Waals surface area contributed by atoms with Gasteiger partial charge in [0.1, 0.15) is 5.75 Å². The summed E-state index contributed by atoms with van der Waals surface area (Å²) in [6, 6.07) is 12.2. The maximum Gasteiger partial charge on any atom is 0.267 e. The highest BCUT2D eigenvalue weighted by molar-refractivity contribution is 5.98. The second-order valence-electron chi connectivity index (χ2n) is 6.33. The molecule has 2 aromatic rings. The molecule has 0 saturated heterocycles. The molecular weight excluding hydrogens is 286 g/mol. The van der Waals surface area contributed by atoms with Crippen molar-refractivity contribution < 1.29 is 9.53 Å². The maximum absolute atomic E-state index is 12.8. The van der Waals surface area contributed by atoms with E-state index in [2.05, 4.69) is 19.1 Å². The monoisotopic (exact) mass is 309 g/mol. The molecule has 0 aromatic heterocycles. The number of para-hydroxylation sites is 1. The number of rotatable bonds is 3. The topological polar surface area (TPSA) is 29.5 Å². The highest BCUT2D eigenvalue weighted by Crippen LogP contribution is 2.29. The Labute approximate surface area is 137 Å². The molecule has 3 nitrogen and oxygen atoms in total. The lowest BCUT2D eigenvalue weighted by Crippen LogP contribution is -2.39. The molecule has 1 amide bonds. The van der Waals surface area contributed by atoms with Gasteiger partial charge in [0.05, 0.1) is 0 Å². The molecule has 0 bridgehead atoms. The molecule has 3 heteroatoms. The Kier molecular flexibility index (Phi) is 4.12. The van der Waals surface area contributed by atoms with Gasteiger partial charge in [0.15, 0.2) is 6.10 Å². The molecule has 1 heterocycles. The zero-order chi connectivity index (χ0) is 16.6. The predicted octanol–water partition coefficient (Wildman–Crippen LogP) is 3.97. The molecule has 0 radical (unpaired) electrons. The van der Waals surface area contributed by atoms with Crippen LogP contribution in [-0.4, -0.2) is 18.6 Å². The second-order valence-corrected chi connectivity index (χ2v) is 6.33. The number of carbonyl (C=O) groups is 1. The number of amides is 1. The van der Waals surface area contributed by atoms with Crippen molar-refractivity contribution in [2.45, 2.75) is 40.2 Å². The van der Waals surface area contributed by atoms with Gasteiger partial charge in [-0.05, 0) is 68.5 Å². The van der Waals surface area contributed by atoms with E-state index >= 15 is 0 Å². The van der Waals surface area contributed by atoms with E-state index in [4.69, 9.17) is 4.74 Å². The summed E-state index contributed by atoms with van der Waals surface area (Å²) in [6.07, 6.45) is 0.415. The van der Waals surface area contributed by atoms with Crippen molar-refractivity contribution in [1.82, 2.24) is 0 Å². The molecule has 0 fully saturated rings. The highest BCUT2D eigenvalue weighted by atomic mass is 16.5. The van der Waals surface area contributed by atoms with Crippen LogP contribution < -0.4 is 9.64 Å². The van der Waals surface area contributed by atoms with Gasteiger partial charge in [-0.3, -0.25) is 4.79 Å². The van der Waals surface area contributed by atoms with E-state index < -0.39 is 6.10 Å². The minimum Gasteiger partial charge on any atom is -0.481 e. The fraction of sp³-hybridized carbons (Fsp3) is 0.350. The summed E-state index contributed by atoms with van der Waals surface area (Å²) in [5, 5.41) is 0. The number of carbonyl (C=O) groups excluding carboxylic acids is 1. The third-order valence-electron chi connectivity index (χ3n) is 4.57. The fourth-order valence-corrected chi connectivity index (χ4v) is 3.15. The first-order valence-corrected chi connectivity index (χ1v) is 8.11. The number of benzene rings is 2. The molecule has 0 aliphatic carbocycles. The van der Waals surface area contributed by atoms with Crippen LogP contribution in [0.25, 0.3) is 0 Å². The SMILES string of the molecule is Cc1cc(C)c(C)c(O[C@H](C)C(=O)N2CCc3ccccc32)c1. The number of nitrogens with zero attached hydrogens (tertiary/aromatic N) is 1. The van der Waals surface area contributed by atoms with Crippen LogP contribution in [0.1, 0.15) is 29.2 Å². The Morgan fingerprint density at radius 2 is 1.91 bits per heavy atom. The maximum atomic E-state index is 12.8. The molecule has 120 valence electrons. The summed E-state index contributed by atoms with van der Waals surface area (Å²) in [5.74, 6) is 0.823. The Morgan fingerprint density at radius 3 is 2.70 bits per heavy atom. The molecular formula is C20H23NO2. The van der Waals surface area contributed by atoms with E-state index in [1.165, 1.54) is 11.1 Å². The molecule has 2 aromatic carbocycles. The fourth-order valence-electron chi connectivity index (χ4n) is 3.15. The van der Waals surface area contributed by atoms with Crippen LogP contribution in [0, 0.1) is 20.8 Å². The average molecular weight is 309 g/mol. The average Bonchev–Trinajstić information content (AvgIpc) is 2.95. The van der Waals surface area contributed by atoms with Crippen molar-refractivity contribution in [3.63, 3.8) is 0 Å². The Balaban J connectivity index is 1.79. The second kappa shape index (κ2) is 6.07. The van der Waals surface area contributed by atoms with Crippen molar-refractivity contribution in [3.05, 3.63) is 58.7 Å². The molecule has 3 rings (SSSR count). The third-order valence-corrected chi connectivity index (χ3v) is 4.57. The van der Waals surface area contributed by atoms with Crippen LogP contribution in [0.5, 0.6) is 5.75 Å². The molecule has 1 aliphatic heterocycles. The van der Waals surface area contributed by atoms with Crippen molar-refractivity contribution in [3.8, 4) is 5.75 Å². The van der Waals surface area contributed by atoms with Crippen LogP contribution in [0.2, 0.25) is 0 Å². The number of aryl methyl sites for hydroxylation is 2. The number of ether oxygens (including phenoxy) is 1. The van der Waals surface area contributed by atoms with Gasteiger partial charge in [0, 0.05) is 12.2 Å². The molecule has 0 saturated carbocycles. The van der Waals surface area contributed by atoms with E-state index in [9.17, 15) is 4.79 Å². The van der Waals surface area contributed by atoms with E-state index in [1.807, 2.05) is 49.9 Å². The summed E-state index contributed by atoms with van der Waals surface area (Å²) in [5.41, 5.74) is 5.68. The van der Waals surface area contributed by atoms with Crippen molar-refractivity contribution >= 4 is 11.6 Å². The summed E-state index contributed by atoms with van der Waals surface area (Å²) in [6.45, 7) is 8.71. The van der Waals surface area contributed by atoms with Crippen LogP contribution in [0.15, 0.2) is 36.4 Å². The first-order valence-electron chi connectivity index (χ1n) is 8.11. The van der Waals surface area contributed by atoms with E-state index in [0.29, 0.717) is 0 Å². The minimum atomic E-state index is -0.499. The number of hydrogen-bond acceptors (Lipinski definition) is 2. The first kappa shape index (κ1) is 15.6. The van der Waals surface area contributed by atoms with E-state index in [-0.39, 0.29) is 5.91 Å². The van der Waals surface area contributed by atoms with Gasteiger partial charge < -0.3 is 9.64 Å². The van der Waals surface area contributed by atoms with Gasteiger partial charge in [-0.15, -0.1) is 0 Å². The quantitative estimate of drug-likeness (QED) is 0.858. The normalized spacial score (nSPS) is 14.5. The van der Waals surface area contributed by atoms with Gasteiger partial charge >= 0.3 is 0 Å². The van der Waals surface area contributed by atoms with Crippen LogP contribution in [0.4, 0.5) is 5.69 Å². The molecule has 1 aliphatic rings. The smallest absolute Gasteiger partial charge is 0.267 e. The van der Waals surface area contributed by atoms with Gasteiger partial charge in [0.2, 0.25) is 0 Å². The summed E-state index contributed by atoms with van der Waals surface area (Å²) in [7, 11) is 0. The standard InChI is InChI=1S/C20H23NO2/c1-13-11-14(2)15(3)19(12-13)23-16(4)20(22)21-10-9-17-7-5-6-8-18(17)21/h5-8,11-12,16H,9-10H2,1-4H3/t16-/m1/s1. The number of anilines is 1. The molecule has 0 N–H and O–H groups in total. The molecule has 0 unspecified atom stereocenters. The van der Waals surface area contributed by atoms with E-state index in [0.717, 1.165) is 35.5 Å². The highest BCUT2D eigenvalue weighted by Gasteiger charge is 2.29. The van der Waals surface area contributed by atoms with Gasteiger partial charge in [0.25, 0.3) is 5.91 Å². The van der Waals surface area contributed by atoms with Gasteiger partial charge in [-0.1, -0.05) is 24.3 Å². The number of hydrogen-bond donors (Lipinski definition) is 0. The Hall–Kier alpha value is -2.29. The predicted molar refractivity (Wildman–Crippen MR) is 93.2 cm³/mol. The van der Waals surface area contributed by atoms with Gasteiger partial charge in [-0.2, -0.15) is 0 Å². The Bertz CT molecular complexity index is 751. The van der Waals surface area contributed by atoms with Gasteiger partial charge in [-0.25, -0.2) is 0 Å². The zero-order valence-corrected chi connectivity index (χ0v) is 14.2. The largest absolute Gasteiger partial charge is 0.481 e. The van der Waals surface area contributed by atoms with Crippen molar-refractivity contribution in [2.75, 3.05) is 11.4 Å². The summed E-state index contributed by atoms with van der Waals surface area (Å²) >= 11 is 0. The lowest BCUT2D eigenvalue weighted by Gasteiger charge is -2.23. The van der Waals surface area contributed by atoms with Crippen LogP contribution >= 0.6 is 0 Å². The summed E-state index contributed by atoms with van der Waals surface area (Å²) in [4.78, 5) is 14.6. The zero-order valence-electron chi connectivity index (χ0n) is 14.2. The minimum absolute atomic E-state index is 0.0218. The lowest BCUT2D eigenvalue weighted by atomic mass is 10.1. The Morgan fingerprint density at radius 1 is 1.17 bits per heavy atom. The first-order chi connectivity index (χ1) is 11.0. The summed E-state index contributed by atoms with van der Waals surface area (Å²) < 4.78 is 6.00. The third kappa shape index (κ3) is 2.96.